The van der Waals surface area contributed by atoms with Gasteiger partial charge in [0.25, 0.3) is 17.2 Å². The summed E-state index contributed by atoms with van der Waals surface area (Å²) in [5, 5.41) is 11.5. The molecule has 0 aliphatic rings. The van der Waals surface area contributed by atoms with Crippen LogP contribution in [0, 0.1) is 0 Å². The lowest BCUT2D eigenvalue weighted by molar-refractivity contribution is 0.0706. The Bertz CT molecular complexity index is 909. The second-order valence-corrected chi connectivity index (χ2v) is 5.20. The number of hydrogen-bond acceptors (Lipinski definition) is 6. The van der Waals surface area contributed by atoms with Crippen LogP contribution in [0.4, 0.5) is 0 Å². The molecule has 1 amide bonds. The second kappa shape index (κ2) is 7.42. The molecule has 0 unspecified atom stereocenters. The number of halogens is 3. The SMILES string of the molecule is O=C(NO)c1cc(Cl)cnc1Cl.O=c1[nH]oc2ncc(Cl)cc12. The number of rotatable bonds is 1. The number of nitrogens with zero attached hydrogens (tertiary/aromatic N) is 2. The predicted molar refractivity (Wildman–Crippen MR) is 83.1 cm³/mol. The Balaban J connectivity index is 0.000000167. The summed E-state index contributed by atoms with van der Waals surface area (Å²) in [6.07, 6.45) is 2.72. The Morgan fingerprint density at radius 2 is 1.83 bits per heavy atom. The van der Waals surface area contributed by atoms with Crippen molar-refractivity contribution in [3.8, 4) is 0 Å². The van der Waals surface area contributed by atoms with Gasteiger partial charge in [0.1, 0.15) is 10.5 Å². The molecule has 23 heavy (non-hydrogen) atoms. The molecule has 0 atom stereocenters. The number of H-pyrrole nitrogens is 1. The topological polar surface area (TPSA) is 121 Å². The summed E-state index contributed by atoms with van der Waals surface area (Å²) in [6, 6.07) is 2.81. The summed E-state index contributed by atoms with van der Waals surface area (Å²) in [5.41, 5.74) is 1.43. The van der Waals surface area contributed by atoms with E-state index in [1.165, 1.54) is 30.0 Å². The van der Waals surface area contributed by atoms with Crippen molar-refractivity contribution in [2.24, 2.45) is 0 Å². The van der Waals surface area contributed by atoms with E-state index in [9.17, 15) is 9.59 Å². The molecule has 3 N–H and O–H groups in total. The van der Waals surface area contributed by atoms with Gasteiger partial charge in [-0.15, -0.1) is 0 Å². The largest absolute Gasteiger partial charge is 0.358 e. The summed E-state index contributed by atoms with van der Waals surface area (Å²) in [4.78, 5) is 29.1. The minimum Gasteiger partial charge on any atom is -0.358 e. The number of carbonyl (C=O) groups is 1. The zero-order chi connectivity index (χ0) is 17.0. The van der Waals surface area contributed by atoms with E-state index in [0.717, 1.165) is 0 Å². The van der Waals surface area contributed by atoms with Crippen molar-refractivity contribution in [3.63, 3.8) is 0 Å². The molecular weight excluding hydrogens is 371 g/mol. The molecule has 120 valence electrons. The third-order valence-electron chi connectivity index (χ3n) is 2.45. The first kappa shape index (κ1) is 17.2. The molecule has 0 spiro atoms. The molecular formula is C12H7Cl3N4O4. The maximum absolute atomic E-state index is 10.9. The molecule has 0 fully saturated rings. The summed E-state index contributed by atoms with van der Waals surface area (Å²) in [6.45, 7) is 0. The molecule has 3 rings (SSSR count). The first-order valence-corrected chi connectivity index (χ1v) is 6.94. The van der Waals surface area contributed by atoms with E-state index in [1.54, 1.807) is 0 Å². The fourth-order valence-corrected chi connectivity index (χ4v) is 1.97. The highest BCUT2D eigenvalue weighted by Gasteiger charge is 2.10. The quantitative estimate of drug-likeness (QED) is 0.340. The lowest BCUT2D eigenvalue weighted by Gasteiger charge is -2.00. The first-order valence-electron chi connectivity index (χ1n) is 5.80. The van der Waals surface area contributed by atoms with E-state index in [4.69, 9.17) is 44.5 Å². The lowest BCUT2D eigenvalue weighted by atomic mass is 10.3. The van der Waals surface area contributed by atoms with Crippen molar-refractivity contribution < 1.29 is 14.5 Å². The van der Waals surface area contributed by atoms with Gasteiger partial charge in [-0.25, -0.2) is 15.4 Å². The highest BCUT2D eigenvalue weighted by atomic mass is 35.5. The van der Waals surface area contributed by atoms with Gasteiger partial charge in [0, 0.05) is 12.4 Å². The summed E-state index contributed by atoms with van der Waals surface area (Å²) in [7, 11) is 0. The van der Waals surface area contributed by atoms with E-state index in [1.807, 2.05) is 0 Å². The molecule has 0 saturated carbocycles. The van der Waals surface area contributed by atoms with Gasteiger partial charge in [-0.05, 0) is 12.1 Å². The Morgan fingerprint density at radius 3 is 2.52 bits per heavy atom. The summed E-state index contributed by atoms with van der Waals surface area (Å²) in [5.74, 6) is -0.741. The number of aromatic nitrogens is 3. The monoisotopic (exact) mass is 376 g/mol. The van der Waals surface area contributed by atoms with E-state index in [0.29, 0.717) is 10.4 Å². The molecule has 0 saturated heterocycles. The van der Waals surface area contributed by atoms with Crippen LogP contribution < -0.4 is 11.0 Å². The molecule has 3 heterocycles. The number of fused-ring (bicyclic) bond motifs is 1. The molecule has 3 aromatic heterocycles. The Hall–Kier alpha value is -2.13. The van der Waals surface area contributed by atoms with Crippen LogP contribution >= 0.6 is 34.8 Å². The number of amides is 1. The third kappa shape index (κ3) is 4.20. The molecule has 8 nitrogen and oxygen atoms in total. The Labute approximate surface area is 142 Å². The highest BCUT2D eigenvalue weighted by Crippen LogP contribution is 2.17. The lowest BCUT2D eigenvalue weighted by Crippen LogP contribution is -2.19. The fraction of sp³-hybridized carbons (Fsp3) is 0. The minimum absolute atomic E-state index is 0.00838. The minimum atomic E-state index is -0.741. The van der Waals surface area contributed by atoms with E-state index in [2.05, 4.69) is 15.1 Å². The molecule has 0 aliphatic heterocycles. The Morgan fingerprint density at radius 1 is 1.17 bits per heavy atom. The van der Waals surface area contributed by atoms with E-state index < -0.39 is 5.91 Å². The predicted octanol–water partition coefficient (Wildman–Crippen LogP) is 2.68. The number of hydrogen-bond donors (Lipinski definition) is 3. The number of nitrogens with one attached hydrogen (secondary N) is 2. The average molecular weight is 378 g/mol. The average Bonchev–Trinajstić information content (AvgIpc) is 2.90. The van der Waals surface area contributed by atoms with Gasteiger partial charge in [-0.1, -0.05) is 34.8 Å². The van der Waals surface area contributed by atoms with Gasteiger partial charge in [-0.3, -0.25) is 14.8 Å². The van der Waals surface area contributed by atoms with Crippen molar-refractivity contribution in [1.29, 1.82) is 0 Å². The van der Waals surface area contributed by atoms with E-state index >= 15 is 0 Å². The number of aromatic amines is 1. The van der Waals surface area contributed by atoms with Crippen molar-refractivity contribution >= 4 is 51.8 Å². The maximum Gasteiger partial charge on any atom is 0.289 e. The van der Waals surface area contributed by atoms with Gasteiger partial charge in [0.15, 0.2) is 0 Å². The molecule has 0 radical (unpaired) electrons. The van der Waals surface area contributed by atoms with Crippen LogP contribution in [0.5, 0.6) is 0 Å². The number of carbonyl (C=O) groups excluding carboxylic acids is 1. The van der Waals surface area contributed by atoms with Crippen LogP contribution in [0.3, 0.4) is 0 Å². The van der Waals surface area contributed by atoms with Gasteiger partial charge in [0.2, 0.25) is 0 Å². The molecule has 3 aromatic rings. The van der Waals surface area contributed by atoms with Crippen LogP contribution in [0.25, 0.3) is 11.1 Å². The fourth-order valence-electron chi connectivity index (χ4n) is 1.46. The molecule has 0 aromatic carbocycles. The third-order valence-corrected chi connectivity index (χ3v) is 3.17. The van der Waals surface area contributed by atoms with Crippen LogP contribution in [-0.2, 0) is 0 Å². The molecule has 0 bridgehead atoms. The summed E-state index contributed by atoms with van der Waals surface area (Å²) < 4.78 is 4.70. The van der Waals surface area contributed by atoms with Gasteiger partial charge >= 0.3 is 0 Å². The van der Waals surface area contributed by atoms with Crippen molar-refractivity contribution in [3.05, 3.63) is 55.6 Å². The normalized spacial score (nSPS) is 10.1. The van der Waals surface area contributed by atoms with Crippen LogP contribution in [0.2, 0.25) is 15.2 Å². The zero-order valence-corrected chi connectivity index (χ0v) is 13.3. The van der Waals surface area contributed by atoms with Crippen molar-refractivity contribution in [2.45, 2.75) is 0 Å². The first-order chi connectivity index (χ1) is 10.9. The highest BCUT2D eigenvalue weighted by molar-refractivity contribution is 6.34. The number of pyridine rings is 2. The van der Waals surface area contributed by atoms with E-state index in [-0.39, 0.29) is 27.0 Å². The van der Waals surface area contributed by atoms with Crippen LogP contribution in [-0.4, -0.2) is 26.2 Å². The van der Waals surface area contributed by atoms with Gasteiger partial charge in [0.05, 0.1) is 15.6 Å². The van der Waals surface area contributed by atoms with Crippen molar-refractivity contribution in [2.75, 3.05) is 0 Å². The zero-order valence-electron chi connectivity index (χ0n) is 11.0. The van der Waals surface area contributed by atoms with Crippen LogP contribution in [0.1, 0.15) is 10.4 Å². The number of hydroxylamine groups is 1. The summed E-state index contributed by atoms with van der Waals surface area (Å²) >= 11 is 16.7. The maximum atomic E-state index is 10.9. The van der Waals surface area contributed by atoms with Gasteiger partial charge < -0.3 is 4.52 Å². The molecule has 11 heteroatoms. The second-order valence-electron chi connectivity index (χ2n) is 3.97. The smallest absolute Gasteiger partial charge is 0.289 e. The Kier molecular flexibility index (Phi) is 5.56. The van der Waals surface area contributed by atoms with Crippen molar-refractivity contribution in [1.82, 2.24) is 20.6 Å². The molecule has 0 aliphatic carbocycles. The van der Waals surface area contributed by atoms with Crippen LogP contribution in [0.15, 0.2) is 33.8 Å². The standard InChI is InChI=1S/C6H4Cl2N2O2.C6H3ClN2O2/c7-3-1-4(6(11)10-12)5(8)9-2-3;7-3-1-4-5(10)9-11-6(4)8-2-3/h1-2,12H,(H,10,11);1-2H,(H,9,10). The van der Waals surface area contributed by atoms with Gasteiger partial charge in [-0.2, -0.15) is 5.16 Å².